The predicted molar refractivity (Wildman–Crippen MR) is 115 cm³/mol. The number of carbonyl (C=O) groups excluding carboxylic acids is 1. The van der Waals surface area contributed by atoms with Crippen molar-refractivity contribution in [1.82, 2.24) is 10.2 Å². The average molecular weight is 437 g/mol. The summed E-state index contributed by atoms with van der Waals surface area (Å²) in [5.74, 6) is 1.36. The first kappa shape index (κ1) is 19.0. The third-order valence-corrected chi connectivity index (χ3v) is 8.82. The second kappa shape index (κ2) is 6.29. The molecule has 5 aliphatic rings. The number of aliphatic hydroxyl groups is 1. The Balaban J connectivity index is 1.32. The van der Waals surface area contributed by atoms with Crippen LogP contribution in [0.5, 0.6) is 11.5 Å². The minimum atomic E-state index is -0.942. The maximum atomic E-state index is 12.8. The largest absolute Gasteiger partial charge is 0.504 e. The van der Waals surface area contributed by atoms with Gasteiger partial charge in [0.15, 0.2) is 17.3 Å². The van der Waals surface area contributed by atoms with Crippen molar-refractivity contribution >= 4 is 5.91 Å². The molecule has 7 rings (SSSR count). The molecule has 2 bridgehead atoms. The van der Waals surface area contributed by atoms with Crippen LogP contribution in [0.4, 0.5) is 0 Å². The Morgan fingerprint density at radius 2 is 2.09 bits per heavy atom. The molecule has 2 aromatic rings. The summed E-state index contributed by atoms with van der Waals surface area (Å²) in [6.45, 7) is 1.95. The van der Waals surface area contributed by atoms with Crippen LogP contribution in [0.2, 0.25) is 0 Å². The molecule has 5 atom stereocenters. The number of amides is 1. The number of carbonyl (C=O) groups is 1. The Labute approximate surface area is 186 Å². The van der Waals surface area contributed by atoms with Gasteiger partial charge >= 0.3 is 0 Å². The van der Waals surface area contributed by atoms with Crippen molar-refractivity contribution in [3.05, 3.63) is 47.4 Å². The topological polar surface area (TPSA) is 95.2 Å². The minimum absolute atomic E-state index is 0.0349. The molecule has 7 heteroatoms. The number of benzene rings is 1. The molecule has 0 radical (unpaired) electrons. The maximum absolute atomic E-state index is 12.8. The quantitative estimate of drug-likeness (QED) is 0.681. The highest BCUT2D eigenvalue weighted by Gasteiger charge is 2.73. The van der Waals surface area contributed by atoms with Crippen molar-refractivity contribution < 1.29 is 24.2 Å². The van der Waals surface area contributed by atoms with Crippen LogP contribution in [-0.2, 0) is 11.8 Å². The molecule has 2 aliphatic heterocycles. The molecular weight excluding hydrogens is 408 g/mol. The van der Waals surface area contributed by atoms with Crippen LogP contribution in [0, 0.1) is 5.92 Å². The Morgan fingerprint density at radius 1 is 1.22 bits per heavy atom. The van der Waals surface area contributed by atoms with E-state index in [0.29, 0.717) is 18.6 Å². The molecule has 3 N–H and O–H groups in total. The fraction of sp³-hybridized carbons (Fsp3) is 0.560. The van der Waals surface area contributed by atoms with E-state index in [2.05, 4.69) is 10.2 Å². The number of ether oxygens (including phenoxy) is 1. The van der Waals surface area contributed by atoms with Crippen LogP contribution in [0.15, 0.2) is 34.9 Å². The fourth-order valence-corrected chi connectivity index (χ4v) is 7.28. The van der Waals surface area contributed by atoms with E-state index >= 15 is 0 Å². The first-order valence-corrected chi connectivity index (χ1v) is 11.8. The van der Waals surface area contributed by atoms with E-state index < -0.39 is 17.1 Å². The summed E-state index contributed by atoms with van der Waals surface area (Å²) in [6, 6.07) is 6.81. The zero-order chi connectivity index (χ0) is 21.7. The molecule has 3 heterocycles. The van der Waals surface area contributed by atoms with Crippen molar-refractivity contribution in [2.24, 2.45) is 5.92 Å². The minimum Gasteiger partial charge on any atom is -0.504 e. The molecule has 3 aliphatic carbocycles. The third-order valence-electron chi connectivity index (χ3n) is 8.82. The number of phenols is 1. The van der Waals surface area contributed by atoms with E-state index in [0.717, 1.165) is 43.0 Å². The third kappa shape index (κ3) is 2.30. The Morgan fingerprint density at radius 3 is 2.88 bits per heavy atom. The molecule has 2 saturated carbocycles. The first-order valence-electron chi connectivity index (χ1n) is 11.8. The molecule has 7 nitrogen and oxygen atoms in total. The SMILES string of the molecule is O=C(N[C@H]1CC[C@@]2(O)[C@H]3Cc4ccc(O)c5c4[C@@]2(CCN3CC2CC2)[C@H]1O5)c1ccco1. The number of nitrogens with one attached hydrogen (secondary N) is 1. The molecule has 1 aromatic heterocycles. The van der Waals surface area contributed by atoms with Crippen LogP contribution in [0.1, 0.15) is 53.8 Å². The molecular formula is C25H28N2O5. The lowest BCUT2D eigenvalue weighted by atomic mass is 9.48. The van der Waals surface area contributed by atoms with E-state index in [1.54, 1.807) is 18.2 Å². The molecule has 0 unspecified atom stereocenters. The standard InChI is InChI=1S/C25H28N2O5/c28-17-6-5-15-12-19-25(30)8-7-16(26-23(29)18-2-1-11-31-18)22-24(25,20(15)21(17)32-22)9-10-27(19)13-14-3-4-14/h1-2,5-6,11,14,16,19,22,28,30H,3-4,7-10,12-13H2,(H,26,29)/t16-,19+,22-,24-,25+/m0/s1. The summed E-state index contributed by atoms with van der Waals surface area (Å²) in [6.07, 6.45) is 6.38. The lowest BCUT2D eigenvalue weighted by Gasteiger charge is -2.64. The summed E-state index contributed by atoms with van der Waals surface area (Å²) in [5.41, 5.74) is 0.569. The van der Waals surface area contributed by atoms with Crippen LogP contribution in [0.25, 0.3) is 0 Å². The monoisotopic (exact) mass is 436 g/mol. The molecule has 168 valence electrons. The van der Waals surface area contributed by atoms with Crippen molar-refractivity contribution in [1.29, 1.82) is 0 Å². The van der Waals surface area contributed by atoms with Gasteiger partial charge in [-0.15, -0.1) is 0 Å². The predicted octanol–water partition coefficient (Wildman–Crippen LogP) is 2.35. The molecule has 1 amide bonds. The number of hydrogen-bond acceptors (Lipinski definition) is 6. The number of rotatable bonds is 4. The normalized spacial score (nSPS) is 37.0. The van der Waals surface area contributed by atoms with Crippen LogP contribution < -0.4 is 10.1 Å². The van der Waals surface area contributed by atoms with E-state index in [1.807, 2.05) is 6.07 Å². The number of furan rings is 1. The van der Waals surface area contributed by atoms with Gasteiger partial charge in [-0.3, -0.25) is 9.69 Å². The van der Waals surface area contributed by atoms with Gasteiger partial charge in [-0.2, -0.15) is 0 Å². The summed E-state index contributed by atoms with van der Waals surface area (Å²) < 4.78 is 11.7. The van der Waals surface area contributed by atoms with E-state index in [-0.39, 0.29) is 29.5 Å². The van der Waals surface area contributed by atoms with Gasteiger partial charge in [-0.25, -0.2) is 0 Å². The summed E-state index contributed by atoms with van der Waals surface area (Å²) >= 11 is 0. The van der Waals surface area contributed by atoms with Crippen molar-refractivity contribution in [3.8, 4) is 11.5 Å². The number of aromatic hydroxyl groups is 1. The second-order valence-electron chi connectivity index (χ2n) is 10.4. The zero-order valence-corrected chi connectivity index (χ0v) is 17.9. The highest BCUT2D eigenvalue weighted by Crippen LogP contribution is 2.65. The summed E-state index contributed by atoms with van der Waals surface area (Å²) in [7, 11) is 0. The van der Waals surface area contributed by atoms with Gasteiger partial charge in [-0.1, -0.05) is 6.07 Å². The number of likely N-dealkylation sites (tertiary alicyclic amines) is 1. The first-order chi connectivity index (χ1) is 15.5. The Kier molecular flexibility index (Phi) is 3.74. The number of phenolic OH excluding ortho intramolecular Hbond substituents is 1. The number of nitrogens with zero attached hydrogens (tertiary/aromatic N) is 1. The maximum Gasteiger partial charge on any atom is 0.287 e. The zero-order valence-electron chi connectivity index (χ0n) is 17.9. The molecule has 32 heavy (non-hydrogen) atoms. The lowest BCUT2D eigenvalue weighted by molar-refractivity contribution is -0.191. The van der Waals surface area contributed by atoms with Gasteiger partial charge in [0.25, 0.3) is 5.91 Å². The van der Waals surface area contributed by atoms with Crippen LogP contribution in [-0.4, -0.2) is 57.9 Å². The summed E-state index contributed by atoms with van der Waals surface area (Å²) in [4.78, 5) is 15.3. The van der Waals surface area contributed by atoms with Crippen molar-refractivity contribution in [2.45, 2.75) is 67.7 Å². The highest BCUT2D eigenvalue weighted by molar-refractivity contribution is 5.91. The van der Waals surface area contributed by atoms with Gasteiger partial charge in [0, 0.05) is 18.2 Å². The number of hydrogen-bond donors (Lipinski definition) is 3. The van der Waals surface area contributed by atoms with Crippen LogP contribution in [0.3, 0.4) is 0 Å². The van der Waals surface area contributed by atoms with Gasteiger partial charge in [0.05, 0.1) is 23.3 Å². The molecule has 1 saturated heterocycles. The molecule has 1 spiro atoms. The highest BCUT2D eigenvalue weighted by atomic mass is 16.5. The molecule has 1 aromatic carbocycles. The average Bonchev–Trinajstić information content (AvgIpc) is 3.27. The molecule has 3 fully saturated rings. The van der Waals surface area contributed by atoms with E-state index in [9.17, 15) is 15.0 Å². The smallest absolute Gasteiger partial charge is 0.287 e. The van der Waals surface area contributed by atoms with Gasteiger partial charge in [0.2, 0.25) is 0 Å². The summed E-state index contributed by atoms with van der Waals surface area (Å²) in [5, 5.41) is 26.2. The van der Waals surface area contributed by atoms with E-state index in [4.69, 9.17) is 9.15 Å². The van der Waals surface area contributed by atoms with Crippen molar-refractivity contribution in [2.75, 3.05) is 13.1 Å². The Bertz CT molecular complexity index is 1100. The second-order valence-corrected chi connectivity index (χ2v) is 10.4. The van der Waals surface area contributed by atoms with Gasteiger partial charge in [-0.05, 0) is 74.8 Å². The van der Waals surface area contributed by atoms with E-state index in [1.165, 1.54) is 19.1 Å². The van der Waals surface area contributed by atoms with Crippen LogP contribution >= 0.6 is 0 Å². The Hall–Kier alpha value is -2.51. The van der Waals surface area contributed by atoms with Gasteiger partial charge < -0.3 is 24.7 Å². The fourth-order valence-electron chi connectivity index (χ4n) is 7.28. The number of piperidine rings is 1. The van der Waals surface area contributed by atoms with Gasteiger partial charge in [0.1, 0.15) is 6.10 Å². The lowest BCUT2D eigenvalue weighted by Crippen LogP contribution is -2.78. The van der Waals surface area contributed by atoms with Crippen molar-refractivity contribution in [3.63, 3.8) is 0 Å².